The third kappa shape index (κ3) is 3.05. The van der Waals surface area contributed by atoms with Crippen LogP contribution in [-0.4, -0.2) is 40.9 Å². The minimum atomic E-state index is -0.395. The van der Waals surface area contributed by atoms with Crippen molar-refractivity contribution in [1.29, 1.82) is 0 Å². The van der Waals surface area contributed by atoms with Crippen LogP contribution in [0.1, 0.15) is 29.0 Å². The molecule has 0 spiro atoms. The molecule has 0 aliphatic carbocycles. The summed E-state index contributed by atoms with van der Waals surface area (Å²) in [5.74, 6) is 0.139. The number of carbonyl (C=O) groups excluding carboxylic acids is 1. The lowest BCUT2D eigenvalue weighted by atomic mass is 10.1. The number of nitrogens with one attached hydrogen (secondary N) is 2. The van der Waals surface area contributed by atoms with E-state index in [1.54, 1.807) is 18.5 Å². The molecular formula is C16H21N5O2. The molecule has 1 aliphatic rings. The van der Waals surface area contributed by atoms with Crippen LogP contribution in [0.15, 0.2) is 24.7 Å². The van der Waals surface area contributed by atoms with Gasteiger partial charge in [-0.1, -0.05) is 6.92 Å². The number of esters is 1. The lowest BCUT2D eigenvalue weighted by Gasteiger charge is -2.14. The number of anilines is 2. The SMILES string of the molecule is COC(=O)c1ccncc1Nc1cn([C@@H]2CNC[C@H]2C)nc1C. The molecule has 2 aromatic rings. The van der Waals surface area contributed by atoms with Crippen molar-refractivity contribution >= 4 is 17.3 Å². The Hall–Kier alpha value is -2.41. The summed E-state index contributed by atoms with van der Waals surface area (Å²) in [6.45, 7) is 6.08. The van der Waals surface area contributed by atoms with E-state index in [-0.39, 0.29) is 0 Å². The molecule has 23 heavy (non-hydrogen) atoms. The van der Waals surface area contributed by atoms with E-state index in [1.807, 2.05) is 17.8 Å². The Bertz CT molecular complexity index is 712. The number of nitrogens with zero attached hydrogens (tertiary/aromatic N) is 3. The second-order valence-corrected chi connectivity index (χ2v) is 5.85. The first kappa shape index (κ1) is 15.5. The third-order valence-corrected chi connectivity index (χ3v) is 4.23. The zero-order chi connectivity index (χ0) is 16.4. The van der Waals surface area contributed by atoms with Crippen molar-refractivity contribution in [3.63, 3.8) is 0 Å². The fourth-order valence-corrected chi connectivity index (χ4v) is 2.85. The second kappa shape index (κ2) is 6.37. The molecule has 3 heterocycles. The van der Waals surface area contributed by atoms with Gasteiger partial charge in [0.25, 0.3) is 0 Å². The van der Waals surface area contributed by atoms with Crippen molar-refractivity contribution in [2.75, 3.05) is 25.5 Å². The smallest absolute Gasteiger partial charge is 0.340 e. The number of methoxy groups -OCH3 is 1. The van der Waals surface area contributed by atoms with Gasteiger partial charge in [-0.3, -0.25) is 9.67 Å². The lowest BCUT2D eigenvalue weighted by Crippen LogP contribution is -2.16. The summed E-state index contributed by atoms with van der Waals surface area (Å²) in [5.41, 5.74) is 2.80. The molecule has 0 aromatic carbocycles. The van der Waals surface area contributed by atoms with Gasteiger partial charge in [0, 0.05) is 18.9 Å². The largest absolute Gasteiger partial charge is 0.465 e. The van der Waals surface area contributed by atoms with Gasteiger partial charge in [-0.25, -0.2) is 4.79 Å². The van der Waals surface area contributed by atoms with Gasteiger partial charge >= 0.3 is 5.97 Å². The summed E-state index contributed by atoms with van der Waals surface area (Å²) < 4.78 is 6.81. The van der Waals surface area contributed by atoms with Gasteiger partial charge in [0.15, 0.2) is 0 Å². The fourth-order valence-electron chi connectivity index (χ4n) is 2.85. The second-order valence-electron chi connectivity index (χ2n) is 5.85. The molecule has 1 aliphatic heterocycles. The first-order valence-electron chi connectivity index (χ1n) is 7.66. The summed E-state index contributed by atoms with van der Waals surface area (Å²) in [4.78, 5) is 15.9. The van der Waals surface area contributed by atoms with Crippen LogP contribution in [0.3, 0.4) is 0 Å². The van der Waals surface area contributed by atoms with Crippen molar-refractivity contribution in [1.82, 2.24) is 20.1 Å². The van der Waals surface area contributed by atoms with Crippen LogP contribution < -0.4 is 10.6 Å². The summed E-state index contributed by atoms with van der Waals surface area (Å²) in [5, 5.41) is 11.2. The third-order valence-electron chi connectivity index (χ3n) is 4.23. The standard InChI is InChI=1S/C16H21N5O2/c1-10-6-18-8-15(10)21-9-14(11(2)20-21)19-13-7-17-5-4-12(13)16(22)23-3/h4-5,7,9-10,15,18-19H,6,8H2,1-3H3/t10-,15-/m1/s1. The van der Waals surface area contributed by atoms with Gasteiger partial charge in [0.05, 0.1) is 42.0 Å². The maximum atomic E-state index is 11.8. The molecule has 2 atom stereocenters. The zero-order valence-corrected chi connectivity index (χ0v) is 13.5. The van der Waals surface area contributed by atoms with E-state index in [2.05, 4.69) is 27.6 Å². The molecule has 2 N–H and O–H groups in total. The summed E-state index contributed by atoms with van der Waals surface area (Å²) in [7, 11) is 1.37. The summed E-state index contributed by atoms with van der Waals surface area (Å²) >= 11 is 0. The molecule has 122 valence electrons. The molecule has 7 heteroatoms. The summed E-state index contributed by atoms with van der Waals surface area (Å²) in [6.07, 6.45) is 5.17. The maximum absolute atomic E-state index is 11.8. The van der Waals surface area contributed by atoms with Crippen LogP contribution in [0, 0.1) is 12.8 Å². The molecule has 2 aromatic heterocycles. The highest BCUT2D eigenvalue weighted by molar-refractivity contribution is 5.96. The number of carbonyl (C=O) groups is 1. The number of pyridine rings is 1. The number of hydrogen-bond donors (Lipinski definition) is 2. The highest BCUT2D eigenvalue weighted by atomic mass is 16.5. The van der Waals surface area contributed by atoms with Crippen molar-refractivity contribution in [2.45, 2.75) is 19.9 Å². The zero-order valence-electron chi connectivity index (χ0n) is 13.5. The Balaban J connectivity index is 1.87. The lowest BCUT2D eigenvalue weighted by molar-refractivity contribution is 0.0602. The Labute approximate surface area is 135 Å². The molecular weight excluding hydrogens is 294 g/mol. The fraction of sp³-hybridized carbons (Fsp3) is 0.438. The van der Waals surface area contributed by atoms with Crippen molar-refractivity contribution in [2.24, 2.45) is 5.92 Å². The minimum absolute atomic E-state index is 0.346. The van der Waals surface area contributed by atoms with E-state index in [0.29, 0.717) is 23.2 Å². The first-order valence-corrected chi connectivity index (χ1v) is 7.66. The number of rotatable bonds is 4. The van der Waals surface area contributed by atoms with Gasteiger partial charge in [-0.15, -0.1) is 0 Å². The van der Waals surface area contributed by atoms with Crippen LogP contribution in [-0.2, 0) is 4.74 Å². The van der Waals surface area contributed by atoms with Crippen LogP contribution in [0.25, 0.3) is 0 Å². The molecule has 0 saturated carbocycles. The van der Waals surface area contributed by atoms with Crippen LogP contribution in [0.2, 0.25) is 0 Å². The Morgan fingerprint density at radius 1 is 1.43 bits per heavy atom. The van der Waals surface area contributed by atoms with Crippen LogP contribution >= 0.6 is 0 Å². The highest BCUT2D eigenvalue weighted by Gasteiger charge is 2.26. The molecule has 1 fully saturated rings. The van der Waals surface area contributed by atoms with E-state index in [9.17, 15) is 4.79 Å². The van der Waals surface area contributed by atoms with Crippen LogP contribution in [0.4, 0.5) is 11.4 Å². The minimum Gasteiger partial charge on any atom is -0.465 e. The first-order chi connectivity index (χ1) is 11.1. The highest BCUT2D eigenvalue weighted by Crippen LogP contribution is 2.27. The molecule has 0 bridgehead atoms. The van der Waals surface area contributed by atoms with Gasteiger partial charge < -0.3 is 15.4 Å². The molecule has 0 radical (unpaired) electrons. The monoisotopic (exact) mass is 315 g/mol. The number of aromatic nitrogens is 3. The number of aryl methyl sites for hydroxylation is 1. The molecule has 7 nitrogen and oxygen atoms in total. The predicted octanol–water partition coefficient (Wildman–Crippen LogP) is 1.90. The number of ether oxygens (including phenoxy) is 1. The maximum Gasteiger partial charge on any atom is 0.340 e. The van der Waals surface area contributed by atoms with Gasteiger partial charge in [-0.05, 0) is 25.5 Å². The Morgan fingerprint density at radius 3 is 2.96 bits per heavy atom. The van der Waals surface area contributed by atoms with Crippen molar-refractivity contribution in [3.05, 3.63) is 35.9 Å². The van der Waals surface area contributed by atoms with Gasteiger partial charge in [0.2, 0.25) is 0 Å². The van der Waals surface area contributed by atoms with E-state index in [0.717, 1.165) is 24.5 Å². The molecule has 0 amide bonds. The Morgan fingerprint density at radius 2 is 2.26 bits per heavy atom. The van der Waals surface area contributed by atoms with E-state index in [4.69, 9.17) is 4.74 Å². The average Bonchev–Trinajstić information content (AvgIpc) is 3.13. The normalized spacial score (nSPS) is 20.5. The topological polar surface area (TPSA) is 81.1 Å². The quantitative estimate of drug-likeness (QED) is 0.839. The average molecular weight is 315 g/mol. The molecule has 0 unspecified atom stereocenters. The molecule has 3 rings (SSSR count). The van der Waals surface area contributed by atoms with Crippen LogP contribution in [0.5, 0.6) is 0 Å². The van der Waals surface area contributed by atoms with Gasteiger partial charge in [-0.2, -0.15) is 5.10 Å². The molecule has 1 saturated heterocycles. The predicted molar refractivity (Wildman–Crippen MR) is 86.9 cm³/mol. The van der Waals surface area contributed by atoms with E-state index < -0.39 is 5.97 Å². The van der Waals surface area contributed by atoms with Crippen molar-refractivity contribution in [3.8, 4) is 0 Å². The summed E-state index contributed by atoms with van der Waals surface area (Å²) in [6, 6.07) is 1.98. The number of hydrogen-bond acceptors (Lipinski definition) is 6. The van der Waals surface area contributed by atoms with Crippen molar-refractivity contribution < 1.29 is 9.53 Å². The van der Waals surface area contributed by atoms with E-state index in [1.165, 1.54) is 7.11 Å². The van der Waals surface area contributed by atoms with E-state index >= 15 is 0 Å². The Kier molecular flexibility index (Phi) is 4.29. The van der Waals surface area contributed by atoms with Gasteiger partial charge in [0.1, 0.15) is 0 Å².